The molecule has 0 saturated carbocycles. The molecule has 3 nitrogen and oxygen atoms in total. The Morgan fingerprint density at radius 3 is 2.65 bits per heavy atom. The first-order valence-electron chi connectivity index (χ1n) is 5.69. The molecule has 1 aromatic carbocycles. The summed E-state index contributed by atoms with van der Waals surface area (Å²) in [5, 5.41) is 4.13. The van der Waals surface area contributed by atoms with Gasteiger partial charge in [0.2, 0.25) is 0 Å². The second kappa shape index (κ2) is 4.97. The Kier molecular flexibility index (Phi) is 3.40. The molecule has 0 aliphatic rings. The Balaban J connectivity index is 2.30. The molecule has 1 heterocycles. The third-order valence-electron chi connectivity index (χ3n) is 2.78. The van der Waals surface area contributed by atoms with Crippen molar-refractivity contribution >= 4 is 12.2 Å². The van der Waals surface area contributed by atoms with Gasteiger partial charge in [-0.3, -0.25) is 4.68 Å². The van der Waals surface area contributed by atoms with E-state index in [1.807, 2.05) is 42.9 Å². The van der Waals surface area contributed by atoms with Crippen molar-refractivity contribution in [1.29, 1.82) is 0 Å². The van der Waals surface area contributed by atoms with Crippen LogP contribution in [-0.2, 0) is 7.05 Å². The predicted octanol–water partition coefficient (Wildman–Crippen LogP) is 2.61. The lowest BCUT2D eigenvalue weighted by Crippen LogP contribution is -2.06. The van der Waals surface area contributed by atoms with Crippen LogP contribution in [0.4, 0.5) is 0 Å². The zero-order chi connectivity index (χ0) is 12.3. The SMILES string of the molecule is C[C@H](N)c1ccccc1/C=C/c1ccnn1C. The van der Waals surface area contributed by atoms with E-state index < -0.39 is 0 Å². The Morgan fingerprint density at radius 2 is 2.00 bits per heavy atom. The summed E-state index contributed by atoms with van der Waals surface area (Å²) in [4.78, 5) is 0. The molecular weight excluding hydrogens is 210 g/mol. The van der Waals surface area contributed by atoms with Gasteiger partial charge in [-0.2, -0.15) is 5.10 Å². The first-order valence-corrected chi connectivity index (χ1v) is 5.69. The molecular formula is C14H17N3. The molecule has 1 aromatic heterocycles. The summed E-state index contributed by atoms with van der Waals surface area (Å²) in [6.07, 6.45) is 5.92. The molecule has 0 fully saturated rings. The lowest BCUT2D eigenvalue weighted by Gasteiger charge is -2.09. The first-order chi connectivity index (χ1) is 8.18. The number of nitrogens with zero attached hydrogens (tertiary/aromatic N) is 2. The van der Waals surface area contributed by atoms with Crippen molar-refractivity contribution in [1.82, 2.24) is 9.78 Å². The average Bonchev–Trinajstić information content (AvgIpc) is 2.72. The van der Waals surface area contributed by atoms with Crippen molar-refractivity contribution in [2.45, 2.75) is 13.0 Å². The van der Waals surface area contributed by atoms with E-state index in [9.17, 15) is 0 Å². The summed E-state index contributed by atoms with van der Waals surface area (Å²) in [7, 11) is 1.93. The van der Waals surface area contributed by atoms with Crippen LogP contribution in [-0.4, -0.2) is 9.78 Å². The van der Waals surface area contributed by atoms with Crippen molar-refractivity contribution < 1.29 is 0 Å². The fourth-order valence-corrected chi connectivity index (χ4v) is 1.80. The fourth-order valence-electron chi connectivity index (χ4n) is 1.80. The van der Waals surface area contributed by atoms with E-state index in [4.69, 9.17) is 5.73 Å². The van der Waals surface area contributed by atoms with Gasteiger partial charge in [-0.05, 0) is 30.2 Å². The average molecular weight is 227 g/mol. The van der Waals surface area contributed by atoms with Crippen molar-refractivity contribution in [2.75, 3.05) is 0 Å². The van der Waals surface area contributed by atoms with Crippen LogP contribution < -0.4 is 5.73 Å². The highest BCUT2D eigenvalue weighted by Gasteiger charge is 2.03. The van der Waals surface area contributed by atoms with Gasteiger partial charge in [0.15, 0.2) is 0 Å². The number of rotatable bonds is 3. The van der Waals surface area contributed by atoms with Crippen molar-refractivity contribution in [3.63, 3.8) is 0 Å². The van der Waals surface area contributed by atoms with Gasteiger partial charge in [-0.25, -0.2) is 0 Å². The molecule has 0 amide bonds. The van der Waals surface area contributed by atoms with Gasteiger partial charge in [-0.15, -0.1) is 0 Å². The zero-order valence-electron chi connectivity index (χ0n) is 10.2. The number of aromatic nitrogens is 2. The molecule has 0 saturated heterocycles. The van der Waals surface area contributed by atoms with Crippen LogP contribution in [0, 0.1) is 0 Å². The second-order valence-corrected chi connectivity index (χ2v) is 4.13. The van der Waals surface area contributed by atoms with Gasteiger partial charge in [0.25, 0.3) is 0 Å². The molecule has 0 bridgehead atoms. The monoisotopic (exact) mass is 227 g/mol. The van der Waals surface area contributed by atoms with Crippen LogP contribution in [0.25, 0.3) is 12.2 Å². The van der Waals surface area contributed by atoms with Gasteiger partial charge in [0.05, 0.1) is 5.69 Å². The number of hydrogen-bond acceptors (Lipinski definition) is 2. The first kappa shape index (κ1) is 11.6. The minimum Gasteiger partial charge on any atom is -0.324 e. The smallest absolute Gasteiger partial charge is 0.0606 e. The van der Waals surface area contributed by atoms with E-state index in [0.29, 0.717) is 0 Å². The van der Waals surface area contributed by atoms with E-state index in [0.717, 1.165) is 16.8 Å². The molecule has 3 heteroatoms. The van der Waals surface area contributed by atoms with E-state index >= 15 is 0 Å². The van der Waals surface area contributed by atoms with Gasteiger partial charge >= 0.3 is 0 Å². The highest BCUT2D eigenvalue weighted by molar-refractivity contribution is 5.70. The molecule has 0 aliphatic carbocycles. The number of hydrogen-bond donors (Lipinski definition) is 1. The standard InChI is InChI=1S/C14H17N3/c1-11(15)14-6-4-3-5-12(14)7-8-13-9-10-16-17(13)2/h3-11H,15H2,1-2H3/b8-7+/t11-/m0/s1. The largest absolute Gasteiger partial charge is 0.324 e. The van der Waals surface area contributed by atoms with Crippen molar-refractivity contribution in [3.8, 4) is 0 Å². The molecule has 88 valence electrons. The minimum atomic E-state index is 0.0439. The molecule has 0 unspecified atom stereocenters. The van der Waals surface area contributed by atoms with Crippen LogP contribution in [0.15, 0.2) is 36.5 Å². The number of benzene rings is 1. The normalized spacial score (nSPS) is 13.1. The van der Waals surface area contributed by atoms with Gasteiger partial charge in [0, 0.05) is 19.3 Å². The Hall–Kier alpha value is -1.87. The summed E-state index contributed by atoms with van der Waals surface area (Å²) in [6.45, 7) is 2.00. The van der Waals surface area contributed by atoms with E-state index in [1.54, 1.807) is 6.20 Å². The predicted molar refractivity (Wildman–Crippen MR) is 71.2 cm³/mol. The van der Waals surface area contributed by atoms with Gasteiger partial charge in [0.1, 0.15) is 0 Å². The topological polar surface area (TPSA) is 43.8 Å². The Morgan fingerprint density at radius 1 is 1.24 bits per heavy atom. The van der Waals surface area contributed by atoms with Crippen LogP contribution >= 0.6 is 0 Å². The summed E-state index contributed by atoms with van der Waals surface area (Å²) < 4.78 is 1.84. The quantitative estimate of drug-likeness (QED) is 0.876. The zero-order valence-corrected chi connectivity index (χ0v) is 10.2. The Bertz CT molecular complexity index is 524. The van der Waals surface area contributed by atoms with E-state index in [1.165, 1.54) is 0 Å². The van der Waals surface area contributed by atoms with E-state index in [2.05, 4.69) is 23.3 Å². The van der Waals surface area contributed by atoms with Crippen molar-refractivity contribution in [2.24, 2.45) is 12.8 Å². The molecule has 17 heavy (non-hydrogen) atoms. The van der Waals surface area contributed by atoms with Crippen LogP contribution in [0.2, 0.25) is 0 Å². The van der Waals surface area contributed by atoms with Gasteiger partial charge in [-0.1, -0.05) is 30.3 Å². The number of nitrogens with two attached hydrogens (primary N) is 1. The lowest BCUT2D eigenvalue weighted by atomic mass is 10.0. The molecule has 0 spiro atoms. The minimum absolute atomic E-state index is 0.0439. The van der Waals surface area contributed by atoms with Crippen LogP contribution in [0.3, 0.4) is 0 Å². The lowest BCUT2D eigenvalue weighted by molar-refractivity contribution is 0.760. The highest BCUT2D eigenvalue weighted by Crippen LogP contribution is 2.18. The maximum atomic E-state index is 5.94. The second-order valence-electron chi connectivity index (χ2n) is 4.13. The molecule has 2 rings (SSSR count). The third-order valence-corrected chi connectivity index (χ3v) is 2.78. The summed E-state index contributed by atoms with van der Waals surface area (Å²) >= 11 is 0. The van der Waals surface area contributed by atoms with Crippen LogP contribution in [0.5, 0.6) is 0 Å². The van der Waals surface area contributed by atoms with E-state index in [-0.39, 0.29) is 6.04 Å². The maximum absolute atomic E-state index is 5.94. The maximum Gasteiger partial charge on any atom is 0.0606 e. The van der Waals surface area contributed by atoms with Gasteiger partial charge < -0.3 is 5.73 Å². The van der Waals surface area contributed by atoms with Crippen molar-refractivity contribution in [3.05, 3.63) is 53.3 Å². The molecule has 0 radical (unpaired) electrons. The summed E-state index contributed by atoms with van der Waals surface area (Å²) in [6, 6.07) is 10.2. The van der Waals surface area contributed by atoms with Crippen LogP contribution in [0.1, 0.15) is 29.8 Å². The highest BCUT2D eigenvalue weighted by atomic mass is 15.2. The Labute approximate surface area is 102 Å². The fraction of sp³-hybridized carbons (Fsp3) is 0.214. The number of aryl methyl sites for hydroxylation is 1. The molecule has 2 N–H and O–H groups in total. The summed E-state index contributed by atoms with van der Waals surface area (Å²) in [5.74, 6) is 0. The summed E-state index contributed by atoms with van der Waals surface area (Å²) in [5.41, 5.74) is 9.33. The molecule has 2 aromatic rings. The molecule has 0 aliphatic heterocycles. The molecule has 1 atom stereocenters. The third kappa shape index (κ3) is 2.63.